The Morgan fingerprint density at radius 3 is 2.72 bits per heavy atom. The highest BCUT2D eigenvalue weighted by atomic mass is 16.5. The summed E-state index contributed by atoms with van der Waals surface area (Å²) in [6.45, 7) is 0. The van der Waals surface area contributed by atoms with Gasteiger partial charge in [0.1, 0.15) is 5.75 Å². The first-order chi connectivity index (χ1) is 8.70. The molecule has 0 atom stereocenters. The van der Waals surface area contributed by atoms with Crippen molar-refractivity contribution >= 4 is 17.7 Å². The first kappa shape index (κ1) is 11.8. The van der Waals surface area contributed by atoms with Crippen LogP contribution in [0.3, 0.4) is 0 Å². The Hall–Kier alpha value is -2.63. The third kappa shape index (κ3) is 2.54. The van der Waals surface area contributed by atoms with Crippen LogP contribution in [0.5, 0.6) is 5.75 Å². The Morgan fingerprint density at radius 2 is 2.11 bits per heavy atom. The number of aromatic amines is 1. The summed E-state index contributed by atoms with van der Waals surface area (Å²) in [6, 6.07) is 7.25. The predicted octanol–water partition coefficient (Wildman–Crippen LogP) is 1.11. The van der Waals surface area contributed by atoms with E-state index in [1.165, 1.54) is 6.33 Å². The average molecular weight is 244 g/mol. The Kier molecular flexibility index (Phi) is 3.38. The van der Waals surface area contributed by atoms with Gasteiger partial charge in [-0.15, -0.1) is 0 Å². The molecule has 1 aromatic heterocycles. The van der Waals surface area contributed by atoms with Gasteiger partial charge in [0.15, 0.2) is 11.5 Å². The Bertz CT molecular complexity index is 617. The van der Waals surface area contributed by atoms with Gasteiger partial charge >= 0.3 is 0 Å². The minimum Gasteiger partial charge on any atom is -0.497 e. The summed E-state index contributed by atoms with van der Waals surface area (Å²) in [6.07, 6.45) is 2.78. The zero-order valence-corrected chi connectivity index (χ0v) is 9.75. The normalized spacial score (nSPS) is 10.7. The maximum atomic E-state index is 11.5. The van der Waals surface area contributed by atoms with Crippen molar-refractivity contribution in [1.29, 1.82) is 0 Å². The van der Waals surface area contributed by atoms with Gasteiger partial charge < -0.3 is 15.5 Å². The standard InChI is InChI=1S/C12H12N4O2/c1-18-9-4-2-8(3-5-9)6-14-10-11(13)15-7-16-12(10)17/h2-7H,1H3,(H3,13,15,16,17). The van der Waals surface area contributed by atoms with E-state index >= 15 is 0 Å². The highest BCUT2D eigenvalue weighted by molar-refractivity contribution is 5.83. The van der Waals surface area contributed by atoms with Crippen molar-refractivity contribution in [3.63, 3.8) is 0 Å². The number of hydrogen-bond donors (Lipinski definition) is 2. The van der Waals surface area contributed by atoms with Crippen LogP contribution >= 0.6 is 0 Å². The van der Waals surface area contributed by atoms with E-state index in [2.05, 4.69) is 15.0 Å². The fraction of sp³-hybridized carbons (Fsp3) is 0.0833. The number of aliphatic imine (C=N–C) groups is 1. The quantitative estimate of drug-likeness (QED) is 0.791. The summed E-state index contributed by atoms with van der Waals surface area (Å²) >= 11 is 0. The lowest BCUT2D eigenvalue weighted by atomic mass is 10.2. The molecule has 0 spiro atoms. The number of benzene rings is 1. The summed E-state index contributed by atoms with van der Waals surface area (Å²) < 4.78 is 5.04. The van der Waals surface area contributed by atoms with Crippen molar-refractivity contribution < 1.29 is 4.74 Å². The fourth-order valence-electron chi connectivity index (χ4n) is 1.36. The zero-order valence-electron chi connectivity index (χ0n) is 9.75. The predicted molar refractivity (Wildman–Crippen MR) is 69.5 cm³/mol. The fourth-order valence-corrected chi connectivity index (χ4v) is 1.36. The van der Waals surface area contributed by atoms with E-state index in [0.717, 1.165) is 11.3 Å². The molecular weight excluding hydrogens is 232 g/mol. The monoisotopic (exact) mass is 244 g/mol. The molecule has 92 valence electrons. The molecular formula is C12H12N4O2. The summed E-state index contributed by atoms with van der Waals surface area (Å²) in [5.74, 6) is 0.856. The second-order valence-electron chi connectivity index (χ2n) is 3.50. The van der Waals surface area contributed by atoms with Crippen LogP contribution in [0.1, 0.15) is 5.56 Å². The Balaban J connectivity index is 2.27. The molecule has 0 radical (unpaired) electrons. The number of aromatic nitrogens is 2. The Labute approximate surface area is 103 Å². The number of H-pyrrole nitrogens is 1. The maximum absolute atomic E-state index is 11.5. The minimum absolute atomic E-state index is 0.100. The number of ether oxygens (including phenoxy) is 1. The van der Waals surface area contributed by atoms with Gasteiger partial charge in [0, 0.05) is 6.21 Å². The first-order valence-electron chi connectivity index (χ1n) is 5.22. The molecule has 0 fully saturated rings. The van der Waals surface area contributed by atoms with Crippen LogP contribution in [-0.4, -0.2) is 23.3 Å². The molecule has 2 aromatic rings. The van der Waals surface area contributed by atoms with Gasteiger partial charge in [-0.1, -0.05) is 0 Å². The smallest absolute Gasteiger partial charge is 0.278 e. The van der Waals surface area contributed by atoms with Gasteiger partial charge in [0.05, 0.1) is 13.4 Å². The lowest BCUT2D eigenvalue weighted by molar-refractivity contribution is 0.415. The molecule has 6 heteroatoms. The van der Waals surface area contributed by atoms with Gasteiger partial charge in [-0.2, -0.15) is 0 Å². The third-order valence-electron chi connectivity index (χ3n) is 2.32. The number of nitrogens with two attached hydrogens (primary N) is 1. The van der Waals surface area contributed by atoms with Crippen molar-refractivity contribution in [1.82, 2.24) is 9.97 Å². The molecule has 0 saturated heterocycles. The lowest BCUT2D eigenvalue weighted by Gasteiger charge is -1.99. The molecule has 1 heterocycles. The molecule has 2 rings (SSSR count). The van der Waals surface area contributed by atoms with Crippen LogP contribution in [0.25, 0.3) is 0 Å². The van der Waals surface area contributed by atoms with Gasteiger partial charge in [-0.05, 0) is 29.8 Å². The average Bonchev–Trinajstić information content (AvgIpc) is 2.39. The van der Waals surface area contributed by atoms with Gasteiger partial charge in [0.25, 0.3) is 5.56 Å². The van der Waals surface area contributed by atoms with Gasteiger partial charge in [-0.25, -0.2) is 9.98 Å². The van der Waals surface area contributed by atoms with E-state index in [9.17, 15) is 4.79 Å². The number of methoxy groups -OCH3 is 1. The van der Waals surface area contributed by atoms with Crippen LogP contribution in [0.15, 0.2) is 40.4 Å². The summed E-state index contributed by atoms with van der Waals surface area (Å²) in [7, 11) is 1.60. The lowest BCUT2D eigenvalue weighted by Crippen LogP contribution is -2.08. The van der Waals surface area contributed by atoms with E-state index in [1.807, 2.05) is 12.1 Å². The molecule has 0 amide bonds. The zero-order chi connectivity index (χ0) is 13.0. The molecule has 0 saturated carbocycles. The molecule has 18 heavy (non-hydrogen) atoms. The van der Waals surface area contributed by atoms with E-state index in [-0.39, 0.29) is 17.1 Å². The van der Waals surface area contributed by atoms with E-state index in [1.54, 1.807) is 25.5 Å². The number of nitrogens with one attached hydrogen (secondary N) is 1. The van der Waals surface area contributed by atoms with Crippen LogP contribution < -0.4 is 16.0 Å². The van der Waals surface area contributed by atoms with Crippen LogP contribution in [-0.2, 0) is 0 Å². The van der Waals surface area contributed by atoms with E-state index < -0.39 is 0 Å². The summed E-state index contributed by atoms with van der Waals surface area (Å²) in [5, 5.41) is 0. The second kappa shape index (κ2) is 5.13. The number of nitrogens with zero attached hydrogens (tertiary/aromatic N) is 2. The van der Waals surface area contributed by atoms with Crippen LogP contribution in [0.2, 0.25) is 0 Å². The van der Waals surface area contributed by atoms with Crippen molar-refractivity contribution in [3.8, 4) is 5.75 Å². The molecule has 3 N–H and O–H groups in total. The SMILES string of the molecule is COc1ccc(C=Nc2c(N)nc[nH]c2=O)cc1. The van der Waals surface area contributed by atoms with Crippen LogP contribution in [0, 0.1) is 0 Å². The molecule has 0 bridgehead atoms. The highest BCUT2D eigenvalue weighted by Crippen LogP contribution is 2.13. The minimum atomic E-state index is -0.368. The molecule has 0 aliphatic carbocycles. The largest absolute Gasteiger partial charge is 0.497 e. The van der Waals surface area contributed by atoms with Crippen molar-refractivity contribution in [2.45, 2.75) is 0 Å². The third-order valence-corrected chi connectivity index (χ3v) is 2.32. The van der Waals surface area contributed by atoms with Crippen molar-refractivity contribution in [2.75, 3.05) is 12.8 Å². The molecule has 0 unspecified atom stereocenters. The molecule has 0 aliphatic rings. The molecule has 0 aliphatic heterocycles. The molecule has 1 aromatic carbocycles. The Morgan fingerprint density at radius 1 is 1.39 bits per heavy atom. The first-order valence-corrected chi connectivity index (χ1v) is 5.22. The number of rotatable bonds is 3. The molecule has 6 nitrogen and oxygen atoms in total. The van der Waals surface area contributed by atoms with Crippen molar-refractivity contribution in [3.05, 3.63) is 46.5 Å². The van der Waals surface area contributed by atoms with Crippen LogP contribution in [0.4, 0.5) is 11.5 Å². The van der Waals surface area contributed by atoms with E-state index in [0.29, 0.717) is 0 Å². The van der Waals surface area contributed by atoms with E-state index in [4.69, 9.17) is 10.5 Å². The summed E-state index contributed by atoms with van der Waals surface area (Å²) in [4.78, 5) is 21.7. The maximum Gasteiger partial charge on any atom is 0.278 e. The van der Waals surface area contributed by atoms with Gasteiger partial charge in [0.2, 0.25) is 0 Å². The summed E-state index contributed by atoms with van der Waals surface area (Å²) in [5.41, 5.74) is 6.13. The number of nitrogen functional groups attached to an aromatic ring is 1. The second-order valence-corrected chi connectivity index (χ2v) is 3.50. The number of hydrogen-bond acceptors (Lipinski definition) is 5. The topological polar surface area (TPSA) is 93.4 Å². The van der Waals surface area contributed by atoms with Crippen molar-refractivity contribution in [2.24, 2.45) is 4.99 Å². The highest BCUT2D eigenvalue weighted by Gasteiger charge is 2.02. The number of anilines is 1. The van der Waals surface area contributed by atoms with Gasteiger partial charge in [-0.3, -0.25) is 4.79 Å².